The molecular formula is C21H15ClN2O2S. The number of amides is 1. The van der Waals surface area contributed by atoms with Gasteiger partial charge in [-0.25, -0.2) is 0 Å². The number of hydrogen-bond acceptors (Lipinski definition) is 3. The number of carbonyl (C=O) groups is 1. The molecule has 6 heteroatoms. The summed E-state index contributed by atoms with van der Waals surface area (Å²) in [4.78, 5) is 19.3. The maximum atomic E-state index is 13.5. The summed E-state index contributed by atoms with van der Waals surface area (Å²) in [5.74, 6) is -0.363. The van der Waals surface area contributed by atoms with E-state index in [1.165, 1.54) is 0 Å². The van der Waals surface area contributed by atoms with Crippen molar-refractivity contribution < 1.29 is 9.90 Å². The van der Waals surface area contributed by atoms with Crippen LogP contribution < -0.4 is 4.90 Å². The fourth-order valence-electron chi connectivity index (χ4n) is 3.80. The highest BCUT2D eigenvalue weighted by Gasteiger charge is 2.52. The molecule has 5 rings (SSSR count). The van der Waals surface area contributed by atoms with Gasteiger partial charge < -0.3 is 15.0 Å². The van der Waals surface area contributed by atoms with Crippen molar-refractivity contribution in [1.82, 2.24) is 4.98 Å². The fraction of sp³-hybridized carbons (Fsp3) is 0.0952. The van der Waals surface area contributed by atoms with Gasteiger partial charge in [0.05, 0.1) is 12.2 Å². The van der Waals surface area contributed by atoms with E-state index in [9.17, 15) is 9.90 Å². The predicted octanol–water partition coefficient (Wildman–Crippen LogP) is 4.67. The molecule has 0 aliphatic carbocycles. The van der Waals surface area contributed by atoms with Gasteiger partial charge >= 0.3 is 0 Å². The first-order chi connectivity index (χ1) is 13.1. The zero-order valence-electron chi connectivity index (χ0n) is 14.1. The molecule has 4 nitrogen and oxygen atoms in total. The van der Waals surface area contributed by atoms with Gasteiger partial charge in [0.1, 0.15) is 0 Å². The molecule has 1 atom stereocenters. The maximum Gasteiger partial charge on any atom is 0.268 e. The average Bonchev–Trinajstić information content (AvgIpc) is 3.38. The first kappa shape index (κ1) is 16.6. The molecule has 134 valence electrons. The van der Waals surface area contributed by atoms with Crippen molar-refractivity contribution in [3.8, 4) is 0 Å². The quantitative estimate of drug-likeness (QED) is 0.530. The number of aliphatic hydroxyl groups is 1. The Balaban J connectivity index is 1.73. The van der Waals surface area contributed by atoms with Gasteiger partial charge in [0.2, 0.25) is 0 Å². The molecule has 0 saturated carbocycles. The lowest BCUT2D eigenvalue weighted by Gasteiger charge is -2.23. The third kappa shape index (κ3) is 2.36. The fourth-order valence-corrected chi connectivity index (χ4v) is 4.66. The molecule has 1 aliphatic heterocycles. The Hall–Kier alpha value is -2.60. The van der Waals surface area contributed by atoms with Gasteiger partial charge in [-0.1, -0.05) is 35.9 Å². The van der Waals surface area contributed by atoms with Crippen molar-refractivity contribution in [3.05, 3.63) is 87.2 Å². The van der Waals surface area contributed by atoms with Crippen molar-refractivity contribution >= 4 is 45.4 Å². The van der Waals surface area contributed by atoms with Crippen LogP contribution in [0.4, 0.5) is 5.69 Å². The highest BCUT2D eigenvalue weighted by Crippen LogP contribution is 2.47. The Labute approximate surface area is 164 Å². The van der Waals surface area contributed by atoms with Crippen molar-refractivity contribution in [2.24, 2.45) is 0 Å². The number of rotatable bonds is 3. The van der Waals surface area contributed by atoms with Crippen LogP contribution >= 0.6 is 22.9 Å². The zero-order chi connectivity index (χ0) is 18.6. The van der Waals surface area contributed by atoms with Crippen LogP contribution in [0.2, 0.25) is 5.02 Å². The van der Waals surface area contributed by atoms with E-state index in [1.807, 2.05) is 41.8 Å². The molecule has 1 aliphatic rings. The minimum atomic E-state index is -1.78. The third-order valence-electron chi connectivity index (χ3n) is 5.07. The Morgan fingerprint density at radius 1 is 1.11 bits per heavy atom. The van der Waals surface area contributed by atoms with Crippen molar-refractivity contribution in [2.45, 2.75) is 12.1 Å². The van der Waals surface area contributed by atoms with E-state index in [2.05, 4.69) is 4.98 Å². The van der Waals surface area contributed by atoms with Crippen LogP contribution in [0.25, 0.3) is 10.9 Å². The van der Waals surface area contributed by atoms with E-state index in [-0.39, 0.29) is 5.91 Å². The van der Waals surface area contributed by atoms with Crippen LogP contribution in [0.15, 0.2) is 66.2 Å². The minimum absolute atomic E-state index is 0.363. The lowest BCUT2D eigenvalue weighted by atomic mass is 9.87. The molecular weight excluding hydrogens is 380 g/mol. The molecule has 3 heterocycles. The van der Waals surface area contributed by atoms with Crippen LogP contribution in [0.5, 0.6) is 0 Å². The smallest absolute Gasteiger partial charge is 0.268 e. The number of nitrogens with zero attached hydrogens (tertiary/aromatic N) is 1. The number of aromatic nitrogens is 1. The second-order valence-corrected chi connectivity index (χ2v) is 8.06. The second kappa shape index (κ2) is 5.96. The summed E-state index contributed by atoms with van der Waals surface area (Å²) >= 11 is 7.80. The molecule has 0 saturated heterocycles. The van der Waals surface area contributed by atoms with Crippen LogP contribution in [-0.2, 0) is 16.9 Å². The molecule has 2 N–H and O–H groups in total. The van der Waals surface area contributed by atoms with Gasteiger partial charge in [-0.15, -0.1) is 11.3 Å². The first-order valence-electron chi connectivity index (χ1n) is 8.52. The van der Waals surface area contributed by atoms with E-state index in [0.29, 0.717) is 28.4 Å². The third-order valence-corrected chi connectivity index (χ3v) is 6.16. The van der Waals surface area contributed by atoms with Gasteiger partial charge in [-0.05, 0) is 35.7 Å². The summed E-state index contributed by atoms with van der Waals surface area (Å²) < 4.78 is 0. The van der Waals surface area contributed by atoms with Gasteiger partial charge in [0.15, 0.2) is 5.60 Å². The highest BCUT2D eigenvalue weighted by atomic mass is 35.5. The summed E-state index contributed by atoms with van der Waals surface area (Å²) in [5.41, 5.74) is 0.832. The summed E-state index contributed by atoms with van der Waals surface area (Å²) in [6, 6.07) is 16.8. The number of para-hydroxylation sites is 1. The molecule has 4 aromatic rings. The van der Waals surface area contributed by atoms with Gasteiger partial charge in [-0.3, -0.25) is 4.79 Å². The van der Waals surface area contributed by atoms with Gasteiger partial charge in [0.25, 0.3) is 5.91 Å². The lowest BCUT2D eigenvalue weighted by Crippen LogP contribution is -2.40. The van der Waals surface area contributed by atoms with E-state index in [1.54, 1.807) is 40.6 Å². The second-order valence-electron chi connectivity index (χ2n) is 6.59. The lowest BCUT2D eigenvalue weighted by molar-refractivity contribution is -0.132. The number of thiophene rings is 1. The van der Waals surface area contributed by atoms with Crippen LogP contribution in [0, 0.1) is 0 Å². The molecule has 27 heavy (non-hydrogen) atoms. The molecule has 1 amide bonds. The molecule has 2 aromatic carbocycles. The standard InChI is InChI=1S/C21H15ClN2O2S/c22-13-7-8-19-16(10-13)21(26,17-11-23-18-6-2-1-5-15(17)18)20(25)24(19)12-14-4-3-9-27-14/h1-11,23,26H,12H2. The number of halogens is 1. The van der Waals surface area contributed by atoms with Crippen LogP contribution in [0.3, 0.4) is 0 Å². The Kier molecular flexibility index (Phi) is 3.65. The molecule has 1 unspecified atom stereocenters. The van der Waals surface area contributed by atoms with E-state index >= 15 is 0 Å². The highest BCUT2D eigenvalue weighted by molar-refractivity contribution is 7.09. The normalized spacial score (nSPS) is 19.0. The van der Waals surface area contributed by atoms with Crippen LogP contribution in [0.1, 0.15) is 16.0 Å². The number of nitrogens with one attached hydrogen (secondary N) is 1. The number of carbonyl (C=O) groups excluding carboxylic acids is 1. The van der Waals surface area contributed by atoms with Crippen molar-refractivity contribution in [1.29, 1.82) is 0 Å². The number of anilines is 1. The van der Waals surface area contributed by atoms with E-state index in [0.717, 1.165) is 15.8 Å². The molecule has 2 aromatic heterocycles. The number of hydrogen-bond donors (Lipinski definition) is 2. The summed E-state index contributed by atoms with van der Waals surface area (Å²) in [5, 5.41) is 15.0. The Bertz CT molecular complexity index is 1170. The predicted molar refractivity (Wildman–Crippen MR) is 108 cm³/mol. The first-order valence-corrected chi connectivity index (χ1v) is 9.78. The molecule has 0 fully saturated rings. The minimum Gasteiger partial charge on any atom is -0.372 e. The van der Waals surface area contributed by atoms with Crippen molar-refractivity contribution in [2.75, 3.05) is 4.90 Å². The van der Waals surface area contributed by atoms with Gasteiger partial charge in [0, 0.05) is 38.1 Å². The number of aromatic amines is 1. The molecule has 0 bridgehead atoms. The van der Waals surface area contributed by atoms with E-state index < -0.39 is 5.60 Å². The number of benzene rings is 2. The topological polar surface area (TPSA) is 56.3 Å². The summed E-state index contributed by atoms with van der Waals surface area (Å²) in [6.07, 6.45) is 1.71. The molecule has 0 spiro atoms. The summed E-state index contributed by atoms with van der Waals surface area (Å²) in [7, 11) is 0. The van der Waals surface area contributed by atoms with Gasteiger partial charge in [-0.2, -0.15) is 0 Å². The SMILES string of the molecule is O=C1N(Cc2cccs2)c2ccc(Cl)cc2C1(O)c1c[nH]c2ccccc12. The van der Waals surface area contributed by atoms with Crippen molar-refractivity contribution in [3.63, 3.8) is 0 Å². The molecule has 0 radical (unpaired) electrons. The average molecular weight is 395 g/mol. The zero-order valence-corrected chi connectivity index (χ0v) is 15.7. The van der Waals surface area contributed by atoms with E-state index in [4.69, 9.17) is 11.6 Å². The number of H-pyrrole nitrogens is 1. The largest absolute Gasteiger partial charge is 0.372 e. The maximum absolute atomic E-state index is 13.5. The monoisotopic (exact) mass is 394 g/mol. The van der Waals surface area contributed by atoms with Crippen LogP contribution in [-0.4, -0.2) is 16.0 Å². The Morgan fingerprint density at radius 3 is 2.78 bits per heavy atom. The summed E-state index contributed by atoms with van der Waals surface area (Å²) in [6.45, 7) is 0.412. The Morgan fingerprint density at radius 2 is 1.96 bits per heavy atom. The number of fused-ring (bicyclic) bond motifs is 2.